The molecule has 0 aliphatic carbocycles. The highest BCUT2D eigenvalue weighted by atomic mass is 35.5. The molecular formula is C38H38Cl2N4O3S. The molecule has 0 saturated heterocycles. The van der Waals surface area contributed by atoms with Gasteiger partial charge in [0.2, 0.25) is 0 Å². The molecule has 7 rings (SSSR count). The number of aryl methyl sites for hydroxylation is 4. The highest BCUT2D eigenvalue weighted by Gasteiger charge is 2.27. The third-order valence-corrected chi connectivity index (χ3v) is 11.1. The Morgan fingerprint density at radius 2 is 1.90 bits per heavy atom. The summed E-state index contributed by atoms with van der Waals surface area (Å²) < 4.78 is 10.3. The maximum atomic E-state index is 12.8. The first-order valence-electron chi connectivity index (χ1n) is 16.3. The monoisotopic (exact) mass is 700 g/mol. The average Bonchev–Trinajstić information content (AvgIpc) is 3.48. The Labute approximate surface area is 294 Å². The average molecular weight is 702 g/mol. The number of halogens is 2. The molecule has 5 aromatic rings. The van der Waals surface area contributed by atoms with E-state index in [1.165, 1.54) is 11.1 Å². The van der Waals surface area contributed by atoms with Crippen molar-refractivity contribution in [3.8, 4) is 16.9 Å². The van der Waals surface area contributed by atoms with Gasteiger partial charge >= 0.3 is 5.97 Å². The molecule has 0 radical (unpaired) electrons. The number of aromatic nitrogens is 3. The highest BCUT2D eigenvalue weighted by molar-refractivity contribution is 7.99. The third-order valence-electron chi connectivity index (χ3n) is 9.54. The summed E-state index contributed by atoms with van der Waals surface area (Å²) in [5, 5.41) is 19.6. The molecule has 0 unspecified atom stereocenters. The third kappa shape index (κ3) is 6.14. The minimum absolute atomic E-state index is 0.232. The molecule has 10 heteroatoms. The number of carboxylic acids is 1. The smallest absolute Gasteiger partial charge is 0.352 e. The largest absolute Gasteiger partial charge is 0.493 e. The summed E-state index contributed by atoms with van der Waals surface area (Å²) in [6.45, 7) is 7.01. The zero-order valence-electron chi connectivity index (χ0n) is 27.6. The van der Waals surface area contributed by atoms with Gasteiger partial charge in [-0.1, -0.05) is 34.8 Å². The number of carbonyl (C=O) groups is 1. The Hall–Kier alpha value is -3.72. The fourth-order valence-corrected chi connectivity index (χ4v) is 8.65. The number of carboxylic acid groups (broad SMARTS) is 1. The van der Waals surface area contributed by atoms with Crippen LogP contribution in [0.2, 0.25) is 10.0 Å². The van der Waals surface area contributed by atoms with Crippen LogP contribution in [-0.4, -0.2) is 49.5 Å². The minimum Gasteiger partial charge on any atom is -0.493 e. The fourth-order valence-electron chi connectivity index (χ4n) is 7.35. The summed E-state index contributed by atoms with van der Waals surface area (Å²) in [6, 6.07) is 14.3. The van der Waals surface area contributed by atoms with E-state index in [1.54, 1.807) is 11.8 Å². The van der Waals surface area contributed by atoms with E-state index in [1.807, 2.05) is 60.5 Å². The van der Waals surface area contributed by atoms with Crippen molar-refractivity contribution in [1.82, 2.24) is 14.3 Å². The standard InChI is InChI=1S/C38H38Cl2N4O3S/c1-21-14-24-6-7-25-15-26-18-27(39)8-9-29(26)33(17-25)47-13-5-12-44-32-11-10-30(40)36(34(32)22(2)37(44)38(45)46)35-23(3)43(4)42-31(35)20-48-19-28(16-24)41-21/h8-11,15-18,21H,5-7,12-14,19-20H2,1-4H3,(H,45,46)/t21-/m1/s1. The number of aromatic carboxylic acids is 1. The number of thioether (sulfide) groups is 1. The van der Waals surface area contributed by atoms with Gasteiger partial charge in [-0.2, -0.15) is 5.10 Å². The van der Waals surface area contributed by atoms with Crippen LogP contribution in [0.25, 0.3) is 32.8 Å². The Balaban J connectivity index is 1.35. The Morgan fingerprint density at radius 3 is 2.71 bits per heavy atom. The first-order valence-corrected chi connectivity index (χ1v) is 18.3. The number of benzene rings is 3. The molecule has 1 atom stereocenters. The SMILES string of the molecule is Cc1c(C(=O)O)n2c3ccc(Cl)c(c13)-c1c(nn(C)c1C)CSCC1=N[C@H](C)CC(=C1)CCc1cc(c3ccc(Cl)cc3c1)OCCC2. The molecule has 2 aliphatic rings. The maximum Gasteiger partial charge on any atom is 0.352 e. The van der Waals surface area contributed by atoms with Crippen molar-refractivity contribution >= 4 is 68.3 Å². The molecule has 248 valence electrons. The van der Waals surface area contributed by atoms with Gasteiger partial charge in [-0.3, -0.25) is 9.67 Å². The van der Waals surface area contributed by atoms with Crippen molar-refractivity contribution in [3.63, 3.8) is 0 Å². The summed E-state index contributed by atoms with van der Waals surface area (Å²) in [6.07, 6.45) is 5.68. The second-order valence-corrected chi connectivity index (χ2v) is 14.7. The Kier molecular flexibility index (Phi) is 9.09. The molecule has 0 fully saturated rings. The molecule has 0 saturated carbocycles. The van der Waals surface area contributed by atoms with Gasteiger partial charge in [0, 0.05) is 74.0 Å². The number of rotatable bonds is 1. The minimum atomic E-state index is -0.967. The van der Waals surface area contributed by atoms with E-state index in [2.05, 4.69) is 25.1 Å². The van der Waals surface area contributed by atoms with Crippen molar-refractivity contribution in [2.75, 3.05) is 12.4 Å². The second kappa shape index (κ2) is 13.3. The zero-order valence-corrected chi connectivity index (χ0v) is 29.9. The molecule has 7 nitrogen and oxygen atoms in total. The van der Waals surface area contributed by atoms with E-state index in [4.69, 9.17) is 38.0 Å². The molecule has 2 aliphatic heterocycles. The van der Waals surface area contributed by atoms with E-state index in [0.29, 0.717) is 40.9 Å². The van der Waals surface area contributed by atoms with Crippen LogP contribution in [0.3, 0.4) is 0 Å². The van der Waals surface area contributed by atoms with Crippen LogP contribution in [-0.2, 0) is 25.8 Å². The predicted octanol–water partition coefficient (Wildman–Crippen LogP) is 9.62. The van der Waals surface area contributed by atoms with Crippen LogP contribution < -0.4 is 4.74 Å². The maximum absolute atomic E-state index is 12.8. The van der Waals surface area contributed by atoms with E-state index in [0.717, 1.165) is 80.7 Å². The number of fused-ring (bicyclic) bond motifs is 7. The molecule has 4 heterocycles. The number of allylic oxidation sites excluding steroid dienone is 1. The zero-order chi connectivity index (χ0) is 33.7. The van der Waals surface area contributed by atoms with Crippen LogP contribution >= 0.6 is 35.0 Å². The van der Waals surface area contributed by atoms with Gasteiger partial charge in [0.25, 0.3) is 0 Å². The number of aliphatic imine (C=N–C) groups is 1. The predicted molar refractivity (Wildman–Crippen MR) is 199 cm³/mol. The van der Waals surface area contributed by atoms with Gasteiger partial charge in [0.15, 0.2) is 0 Å². The van der Waals surface area contributed by atoms with E-state index in [-0.39, 0.29) is 11.7 Å². The molecule has 2 aromatic heterocycles. The summed E-state index contributed by atoms with van der Waals surface area (Å²) in [5.41, 5.74) is 9.21. The first kappa shape index (κ1) is 32.8. The number of hydrogen-bond acceptors (Lipinski definition) is 5. The molecule has 0 amide bonds. The van der Waals surface area contributed by atoms with Crippen LogP contribution in [0.1, 0.15) is 59.2 Å². The molecule has 0 spiro atoms. The number of nitrogens with zero attached hydrogens (tertiary/aromatic N) is 4. The van der Waals surface area contributed by atoms with Gasteiger partial charge in [0.05, 0.1) is 18.3 Å². The fraction of sp³-hybridized carbons (Fsp3) is 0.342. The van der Waals surface area contributed by atoms with Gasteiger partial charge in [-0.25, -0.2) is 4.79 Å². The normalized spacial score (nSPS) is 17.4. The number of hydrogen-bond donors (Lipinski definition) is 1. The number of ether oxygens (including phenoxy) is 1. The van der Waals surface area contributed by atoms with Gasteiger partial charge in [0.1, 0.15) is 11.4 Å². The summed E-state index contributed by atoms with van der Waals surface area (Å²) >= 11 is 15.2. The summed E-state index contributed by atoms with van der Waals surface area (Å²) in [7, 11) is 1.95. The molecule has 48 heavy (non-hydrogen) atoms. The van der Waals surface area contributed by atoms with Crippen molar-refractivity contribution in [2.24, 2.45) is 12.0 Å². The van der Waals surface area contributed by atoms with Gasteiger partial charge < -0.3 is 14.4 Å². The molecule has 3 aromatic carbocycles. The Morgan fingerprint density at radius 1 is 1.06 bits per heavy atom. The quantitative estimate of drug-likeness (QED) is 0.188. The van der Waals surface area contributed by atoms with Crippen molar-refractivity contribution in [1.29, 1.82) is 0 Å². The van der Waals surface area contributed by atoms with Crippen LogP contribution in [0.5, 0.6) is 5.75 Å². The molecule has 1 N–H and O–H groups in total. The van der Waals surface area contributed by atoms with E-state index < -0.39 is 5.97 Å². The lowest BCUT2D eigenvalue weighted by atomic mass is 9.95. The lowest BCUT2D eigenvalue weighted by Gasteiger charge is -2.19. The van der Waals surface area contributed by atoms with E-state index >= 15 is 0 Å². The van der Waals surface area contributed by atoms with Crippen LogP contribution in [0, 0.1) is 13.8 Å². The van der Waals surface area contributed by atoms with Crippen molar-refractivity contribution in [3.05, 3.63) is 92.4 Å². The topological polar surface area (TPSA) is 81.6 Å². The number of dihydropyridines is 1. The van der Waals surface area contributed by atoms with Gasteiger partial charge in [-0.05, 0) is 105 Å². The lowest BCUT2D eigenvalue weighted by Crippen LogP contribution is -2.14. The molecule has 8 bridgehead atoms. The van der Waals surface area contributed by atoms with Gasteiger partial charge in [-0.15, -0.1) is 11.8 Å². The van der Waals surface area contributed by atoms with Crippen molar-refractivity contribution < 1.29 is 14.6 Å². The summed E-state index contributed by atoms with van der Waals surface area (Å²) in [5.74, 6) is 1.29. The Bertz CT molecular complexity index is 2160. The second-order valence-electron chi connectivity index (χ2n) is 12.9. The lowest BCUT2D eigenvalue weighted by molar-refractivity contribution is 0.0684. The van der Waals surface area contributed by atoms with Crippen LogP contribution in [0.15, 0.2) is 59.1 Å². The summed E-state index contributed by atoms with van der Waals surface area (Å²) in [4.78, 5) is 17.8. The molecular weight excluding hydrogens is 663 g/mol. The van der Waals surface area contributed by atoms with E-state index in [9.17, 15) is 9.90 Å². The van der Waals surface area contributed by atoms with Crippen LogP contribution in [0.4, 0.5) is 0 Å². The highest BCUT2D eigenvalue weighted by Crippen LogP contribution is 2.43. The first-order chi connectivity index (χ1) is 23.1. The van der Waals surface area contributed by atoms with Crippen molar-refractivity contribution in [2.45, 2.75) is 64.8 Å².